The molecule has 1 atom stereocenters. The van der Waals surface area contributed by atoms with Crippen molar-refractivity contribution in [2.24, 2.45) is 5.92 Å². The number of carbonyl (C=O) groups is 1. The molecule has 1 aliphatic heterocycles. The quantitative estimate of drug-likeness (QED) is 0.448. The minimum absolute atomic E-state index is 0.0148. The van der Waals surface area contributed by atoms with E-state index in [1.807, 2.05) is 35.2 Å². The second kappa shape index (κ2) is 11.1. The van der Waals surface area contributed by atoms with Crippen molar-refractivity contribution in [3.63, 3.8) is 0 Å². The van der Waals surface area contributed by atoms with Crippen LogP contribution in [0.25, 0.3) is 10.9 Å². The van der Waals surface area contributed by atoms with E-state index < -0.39 is 11.9 Å². The first-order valence-electron chi connectivity index (χ1n) is 10.6. The van der Waals surface area contributed by atoms with E-state index in [-0.39, 0.29) is 23.3 Å². The van der Waals surface area contributed by atoms with E-state index in [0.717, 1.165) is 5.56 Å². The Balaban J connectivity index is 1.37. The minimum Gasteiger partial charge on any atom is -0.445 e. The van der Waals surface area contributed by atoms with Crippen LogP contribution in [0.5, 0.6) is 0 Å². The van der Waals surface area contributed by atoms with Crippen LogP contribution in [0.2, 0.25) is 5.28 Å². The molecule has 0 radical (unpaired) electrons. The lowest BCUT2D eigenvalue weighted by atomic mass is 10.1. The summed E-state index contributed by atoms with van der Waals surface area (Å²) in [4.78, 5) is 22.5. The van der Waals surface area contributed by atoms with Crippen LogP contribution in [-0.2, 0) is 16.1 Å². The molecule has 1 amide bonds. The number of nitrogens with one attached hydrogen (secondary N) is 1. The molecule has 0 aliphatic carbocycles. The lowest BCUT2D eigenvalue weighted by Crippen LogP contribution is -2.33. The molecule has 1 N–H and O–H groups in total. The van der Waals surface area contributed by atoms with Gasteiger partial charge in [0.05, 0.1) is 17.7 Å². The van der Waals surface area contributed by atoms with Crippen molar-refractivity contribution in [1.82, 2.24) is 15.3 Å². The van der Waals surface area contributed by atoms with Gasteiger partial charge < -0.3 is 19.7 Å². The smallest absolute Gasteiger partial charge is 0.407 e. The van der Waals surface area contributed by atoms with E-state index in [9.17, 15) is 9.18 Å². The Morgan fingerprint density at radius 2 is 2.09 bits per heavy atom. The molecule has 10 heteroatoms. The maximum atomic E-state index is 14.6. The van der Waals surface area contributed by atoms with Gasteiger partial charge in [0.15, 0.2) is 5.82 Å². The highest BCUT2D eigenvalue weighted by Crippen LogP contribution is 2.31. The lowest BCUT2D eigenvalue weighted by molar-refractivity contribution is 0.118. The lowest BCUT2D eigenvalue weighted by Gasteiger charge is -2.26. The van der Waals surface area contributed by atoms with Gasteiger partial charge in [0.25, 0.3) is 0 Å². The van der Waals surface area contributed by atoms with Gasteiger partial charge in [-0.2, -0.15) is 4.98 Å². The van der Waals surface area contributed by atoms with E-state index in [1.54, 1.807) is 12.1 Å². The highest BCUT2D eigenvalue weighted by Gasteiger charge is 2.23. The Morgan fingerprint density at radius 1 is 1.27 bits per heavy atom. The molecule has 3 aromatic rings. The average molecular weight is 538 g/mol. The third-order valence-corrected chi connectivity index (χ3v) is 6.17. The fourth-order valence-electron chi connectivity index (χ4n) is 3.74. The number of alkyl carbamates (subject to hydrolysis) is 1. The van der Waals surface area contributed by atoms with Gasteiger partial charge in [-0.05, 0) is 51.6 Å². The molecular weight excluding hydrogens is 515 g/mol. The maximum absolute atomic E-state index is 14.6. The number of nitrogens with zero attached hydrogens (tertiary/aromatic N) is 3. The van der Waals surface area contributed by atoms with E-state index in [1.165, 1.54) is 0 Å². The molecule has 1 fully saturated rings. The van der Waals surface area contributed by atoms with Gasteiger partial charge in [-0.3, -0.25) is 0 Å². The number of fused-ring (bicyclic) bond motifs is 1. The normalized spacial score (nSPS) is 16.5. The molecule has 1 unspecified atom stereocenters. The molecule has 1 saturated heterocycles. The Hall–Kier alpha value is -2.49. The van der Waals surface area contributed by atoms with E-state index in [0.29, 0.717) is 54.9 Å². The number of hydrogen-bond donors (Lipinski definition) is 1. The number of aromatic nitrogens is 2. The van der Waals surface area contributed by atoms with Gasteiger partial charge in [-0.25, -0.2) is 14.2 Å². The molecule has 174 valence electrons. The number of ether oxygens (including phenoxy) is 2. The minimum atomic E-state index is -0.473. The number of benzene rings is 2. The Labute approximate surface area is 204 Å². The molecular formula is C23H23BrClFN4O3. The summed E-state index contributed by atoms with van der Waals surface area (Å²) < 4.78 is 25.9. The first-order valence-corrected chi connectivity index (χ1v) is 11.8. The predicted molar refractivity (Wildman–Crippen MR) is 128 cm³/mol. The van der Waals surface area contributed by atoms with Crippen LogP contribution in [-0.4, -0.2) is 48.9 Å². The monoisotopic (exact) mass is 536 g/mol. The zero-order chi connectivity index (χ0) is 23.2. The molecule has 4 rings (SSSR count). The van der Waals surface area contributed by atoms with Crippen LogP contribution >= 0.6 is 27.5 Å². The van der Waals surface area contributed by atoms with Gasteiger partial charge >= 0.3 is 6.09 Å². The summed E-state index contributed by atoms with van der Waals surface area (Å²) >= 11 is 9.30. The number of amides is 1. The van der Waals surface area contributed by atoms with Crippen molar-refractivity contribution in [2.75, 3.05) is 37.7 Å². The van der Waals surface area contributed by atoms with Crippen molar-refractivity contribution in [3.05, 3.63) is 63.6 Å². The molecule has 0 saturated carbocycles. The van der Waals surface area contributed by atoms with Crippen LogP contribution in [0, 0.1) is 11.7 Å². The maximum Gasteiger partial charge on any atom is 0.407 e. The largest absolute Gasteiger partial charge is 0.445 e. The van der Waals surface area contributed by atoms with Crippen LogP contribution in [0.15, 0.2) is 46.9 Å². The first-order chi connectivity index (χ1) is 16.0. The standard InChI is InChI=1S/C23H23BrClFN4O3/c24-18-7-6-17-20(19(18)26)28-22(25)29-21(17)30-10-11-32-13-16(12-30)8-9-27-23(31)33-14-15-4-2-1-3-5-15/h1-7,16H,8-14H2,(H,27,31). The number of carbonyl (C=O) groups excluding carboxylic acids is 1. The predicted octanol–water partition coefficient (Wildman–Crippen LogP) is 4.95. The SMILES string of the molecule is O=C(NCCC1COCCN(c2nc(Cl)nc3c(F)c(Br)ccc23)C1)OCc1ccccc1. The highest BCUT2D eigenvalue weighted by atomic mass is 79.9. The summed E-state index contributed by atoms with van der Waals surface area (Å²) in [6, 6.07) is 12.9. The molecule has 33 heavy (non-hydrogen) atoms. The fourth-order valence-corrected chi connectivity index (χ4v) is 4.22. The summed E-state index contributed by atoms with van der Waals surface area (Å²) in [5, 5.41) is 3.36. The molecule has 1 aromatic heterocycles. The fraction of sp³-hybridized carbons (Fsp3) is 0.348. The number of halogens is 3. The molecule has 2 heterocycles. The van der Waals surface area contributed by atoms with Crippen LogP contribution in [0.4, 0.5) is 15.0 Å². The van der Waals surface area contributed by atoms with Gasteiger partial charge in [0, 0.05) is 30.9 Å². The summed E-state index contributed by atoms with van der Waals surface area (Å²) in [5.41, 5.74) is 1.10. The third kappa shape index (κ3) is 6.10. The third-order valence-electron chi connectivity index (χ3n) is 5.38. The van der Waals surface area contributed by atoms with E-state index >= 15 is 0 Å². The van der Waals surface area contributed by atoms with Crippen LogP contribution < -0.4 is 10.2 Å². The summed E-state index contributed by atoms with van der Waals surface area (Å²) in [6.45, 7) is 2.94. The zero-order valence-corrected chi connectivity index (χ0v) is 20.1. The summed E-state index contributed by atoms with van der Waals surface area (Å²) in [6.07, 6.45) is 0.230. The molecule has 0 bridgehead atoms. The summed E-state index contributed by atoms with van der Waals surface area (Å²) in [7, 11) is 0. The Bertz CT molecular complexity index is 1120. The highest BCUT2D eigenvalue weighted by molar-refractivity contribution is 9.10. The molecule has 1 aliphatic rings. The van der Waals surface area contributed by atoms with Crippen molar-refractivity contribution in [3.8, 4) is 0 Å². The van der Waals surface area contributed by atoms with Gasteiger partial charge in [0.1, 0.15) is 17.9 Å². The van der Waals surface area contributed by atoms with E-state index in [2.05, 4.69) is 31.2 Å². The number of hydrogen-bond acceptors (Lipinski definition) is 6. The Morgan fingerprint density at radius 3 is 2.91 bits per heavy atom. The number of anilines is 1. The topological polar surface area (TPSA) is 76.6 Å². The molecule has 0 spiro atoms. The van der Waals surface area contributed by atoms with Crippen molar-refractivity contribution in [1.29, 1.82) is 0 Å². The van der Waals surface area contributed by atoms with Gasteiger partial charge in [0.2, 0.25) is 5.28 Å². The summed E-state index contributed by atoms with van der Waals surface area (Å²) in [5.74, 6) is 0.229. The number of rotatable bonds is 6. The first kappa shape index (κ1) is 23.7. The van der Waals surface area contributed by atoms with Crippen molar-refractivity contribution in [2.45, 2.75) is 13.0 Å². The van der Waals surface area contributed by atoms with Gasteiger partial charge in [-0.1, -0.05) is 30.3 Å². The van der Waals surface area contributed by atoms with Crippen LogP contribution in [0.3, 0.4) is 0 Å². The van der Waals surface area contributed by atoms with Crippen molar-refractivity contribution >= 4 is 50.3 Å². The average Bonchev–Trinajstić information content (AvgIpc) is 3.06. The van der Waals surface area contributed by atoms with Gasteiger partial charge in [-0.15, -0.1) is 0 Å². The second-order valence-corrected chi connectivity index (χ2v) is 8.93. The van der Waals surface area contributed by atoms with E-state index in [4.69, 9.17) is 21.1 Å². The molecule has 2 aromatic carbocycles. The zero-order valence-electron chi connectivity index (χ0n) is 17.8. The Kier molecular flexibility index (Phi) is 7.95. The molecule has 7 nitrogen and oxygen atoms in total. The second-order valence-electron chi connectivity index (χ2n) is 7.74. The van der Waals surface area contributed by atoms with Crippen molar-refractivity contribution < 1.29 is 18.7 Å². The van der Waals surface area contributed by atoms with Crippen LogP contribution in [0.1, 0.15) is 12.0 Å².